The molecule has 2 nitrogen and oxygen atoms in total. The molecule has 0 aromatic heterocycles. The van der Waals surface area contributed by atoms with E-state index in [0.29, 0.717) is 12.3 Å². The van der Waals surface area contributed by atoms with E-state index in [2.05, 4.69) is 0 Å². The molecule has 0 spiro atoms. The van der Waals surface area contributed by atoms with Gasteiger partial charge in [-0.15, -0.1) is 0 Å². The third kappa shape index (κ3) is 1.40. The van der Waals surface area contributed by atoms with E-state index < -0.39 is 0 Å². The lowest BCUT2D eigenvalue weighted by atomic mass is 9.62. The number of phenolic OH excluding ortho intramolecular Hbond substituents is 1. The van der Waals surface area contributed by atoms with Crippen LogP contribution in [0.2, 0.25) is 0 Å². The van der Waals surface area contributed by atoms with Crippen LogP contribution in [0.25, 0.3) is 0 Å². The first-order chi connectivity index (χ1) is 6.78. The van der Waals surface area contributed by atoms with E-state index in [-0.39, 0.29) is 5.41 Å². The fraction of sp³-hybridized carbons (Fsp3) is 0.500. The third-order valence-electron chi connectivity index (χ3n) is 3.41. The van der Waals surface area contributed by atoms with Crippen LogP contribution in [0.5, 0.6) is 5.75 Å². The predicted octanol–water partition coefficient (Wildman–Crippen LogP) is 2.16. The molecular weight excluding hydrogens is 174 g/mol. The van der Waals surface area contributed by atoms with E-state index >= 15 is 0 Å². The van der Waals surface area contributed by atoms with Crippen molar-refractivity contribution in [2.75, 3.05) is 6.54 Å². The highest BCUT2D eigenvalue weighted by atomic mass is 16.3. The van der Waals surface area contributed by atoms with Crippen molar-refractivity contribution >= 4 is 0 Å². The van der Waals surface area contributed by atoms with Crippen LogP contribution in [0, 0.1) is 0 Å². The molecule has 1 aliphatic rings. The van der Waals surface area contributed by atoms with Gasteiger partial charge < -0.3 is 10.8 Å². The topological polar surface area (TPSA) is 46.2 Å². The van der Waals surface area contributed by atoms with E-state index in [0.717, 1.165) is 12.0 Å². The van der Waals surface area contributed by atoms with Crippen molar-refractivity contribution in [3.8, 4) is 5.75 Å². The van der Waals surface area contributed by atoms with Crippen molar-refractivity contribution in [2.45, 2.75) is 31.1 Å². The van der Waals surface area contributed by atoms with Gasteiger partial charge in [-0.3, -0.25) is 0 Å². The number of nitrogens with two attached hydrogens (primary N) is 1. The Hall–Kier alpha value is -1.02. The van der Waals surface area contributed by atoms with Crippen LogP contribution in [0.1, 0.15) is 31.2 Å². The van der Waals surface area contributed by atoms with Gasteiger partial charge in [0.05, 0.1) is 0 Å². The van der Waals surface area contributed by atoms with Crippen LogP contribution in [-0.2, 0) is 5.41 Å². The molecule has 0 saturated heterocycles. The molecule has 2 heteroatoms. The van der Waals surface area contributed by atoms with Crippen LogP contribution >= 0.6 is 0 Å². The summed E-state index contributed by atoms with van der Waals surface area (Å²) in [7, 11) is 0. The van der Waals surface area contributed by atoms with Crippen molar-refractivity contribution in [3.05, 3.63) is 29.8 Å². The van der Waals surface area contributed by atoms with Crippen LogP contribution in [0.3, 0.4) is 0 Å². The summed E-state index contributed by atoms with van der Waals surface area (Å²) >= 11 is 0. The number of para-hydroxylation sites is 1. The lowest BCUT2D eigenvalue weighted by Gasteiger charge is -2.42. The average molecular weight is 191 g/mol. The lowest BCUT2D eigenvalue weighted by Crippen LogP contribution is -2.36. The molecule has 2 rings (SSSR count). The number of aromatic hydroxyl groups is 1. The molecule has 0 aliphatic heterocycles. The van der Waals surface area contributed by atoms with Crippen molar-refractivity contribution in [1.29, 1.82) is 0 Å². The van der Waals surface area contributed by atoms with Crippen molar-refractivity contribution in [1.82, 2.24) is 0 Å². The van der Waals surface area contributed by atoms with Gasteiger partial charge in [-0.25, -0.2) is 0 Å². The molecule has 1 saturated carbocycles. The second-order valence-corrected chi connectivity index (χ2v) is 4.19. The van der Waals surface area contributed by atoms with Crippen molar-refractivity contribution in [2.24, 2.45) is 5.73 Å². The summed E-state index contributed by atoms with van der Waals surface area (Å²) in [6.07, 6.45) is 4.59. The number of hydrogen-bond acceptors (Lipinski definition) is 2. The summed E-state index contributed by atoms with van der Waals surface area (Å²) in [6.45, 7) is 0.703. The molecule has 0 amide bonds. The molecule has 3 N–H and O–H groups in total. The van der Waals surface area contributed by atoms with E-state index in [1.165, 1.54) is 19.3 Å². The predicted molar refractivity (Wildman–Crippen MR) is 57.3 cm³/mol. The summed E-state index contributed by atoms with van der Waals surface area (Å²) in [4.78, 5) is 0. The van der Waals surface area contributed by atoms with Crippen LogP contribution in [0.4, 0.5) is 0 Å². The molecule has 0 bridgehead atoms. The maximum absolute atomic E-state index is 9.80. The number of benzene rings is 1. The van der Waals surface area contributed by atoms with Gasteiger partial charge in [0.25, 0.3) is 0 Å². The van der Waals surface area contributed by atoms with E-state index in [1.54, 1.807) is 6.07 Å². The Kier molecular flexibility index (Phi) is 2.46. The van der Waals surface area contributed by atoms with Gasteiger partial charge >= 0.3 is 0 Å². The minimum atomic E-state index is 0.181. The molecule has 1 aliphatic carbocycles. The van der Waals surface area contributed by atoms with Crippen LogP contribution < -0.4 is 5.73 Å². The summed E-state index contributed by atoms with van der Waals surface area (Å²) in [5.41, 5.74) is 6.90. The minimum Gasteiger partial charge on any atom is -0.508 e. The minimum absolute atomic E-state index is 0.181. The Labute approximate surface area is 84.7 Å². The fourth-order valence-corrected chi connectivity index (χ4v) is 2.46. The van der Waals surface area contributed by atoms with Gasteiger partial charge in [0.1, 0.15) is 5.75 Å². The molecule has 14 heavy (non-hydrogen) atoms. The summed E-state index contributed by atoms with van der Waals surface area (Å²) in [5.74, 6) is 0.431. The largest absolute Gasteiger partial charge is 0.508 e. The van der Waals surface area contributed by atoms with Crippen molar-refractivity contribution < 1.29 is 5.11 Å². The summed E-state index contributed by atoms with van der Waals surface area (Å²) in [6, 6.07) is 7.66. The molecule has 1 fully saturated rings. The number of phenols is 1. The average Bonchev–Trinajstić information content (AvgIpc) is 2.13. The van der Waals surface area contributed by atoms with E-state index in [1.807, 2.05) is 18.2 Å². The molecule has 0 unspecified atom stereocenters. The quantitative estimate of drug-likeness (QED) is 0.769. The number of hydrogen-bond donors (Lipinski definition) is 2. The Morgan fingerprint density at radius 1 is 1.29 bits per heavy atom. The van der Waals surface area contributed by atoms with Crippen LogP contribution in [-0.4, -0.2) is 11.7 Å². The highest BCUT2D eigenvalue weighted by Crippen LogP contribution is 2.48. The smallest absolute Gasteiger partial charge is 0.119 e. The zero-order valence-electron chi connectivity index (χ0n) is 8.37. The Morgan fingerprint density at radius 3 is 2.50 bits per heavy atom. The molecular formula is C12H17NO. The Balaban J connectivity index is 2.32. The van der Waals surface area contributed by atoms with Gasteiger partial charge in [-0.1, -0.05) is 24.6 Å². The van der Waals surface area contributed by atoms with E-state index in [4.69, 9.17) is 5.73 Å². The Bertz CT molecular complexity index is 318. The highest BCUT2D eigenvalue weighted by molar-refractivity contribution is 5.40. The van der Waals surface area contributed by atoms with Gasteiger partial charge in [0, 0.05) is 11.0 Å². The SMILES string of the molecule is NCCC1(c2ccccc2O)CCC1. The standard InChI is InChI=1S/C12H17NO/c13-9-8-12(6-3-7-12)10-4-1-2-5-11(10)14/h1-2,4-5,14H,3,6-9,13H2. The van der Waals surface area contributed by atoms with Gasteiger partial charge in [0.15, 0.2) is 0 Å². The zero-order valence-corrected chi connectivity index (χ0v) is 8.37. The summed E-state index contributed by atoms with van der Waals surface area (Å²) in [5, 5.41) is 9.80. The fourth-order valence-electron chi connectivity index (χ4n) is 2.46. The third-order valence-corrected chi connectivity index (χ3v) is 3.41. The maximum Gasteiger partial charge on any atom is 0.119 e. The molecule has 0 radical (unpaired) electrons. The molecule has 0 heterocycles. The Morgan fingerprint density at radius 2 is 2.00 bits per heavy atom. The first-order valence-electron chi connectivity index (χ1n) is 5.27. The molecule has 76 valence electrons. The monoisotopic (exact) mass is 191 g/mol. The van der Waals surface area contributed by atoms with E-state index in [9.17, 15) is 5.11 Å². The van der Waals surface area contributed by atoms with Crippen molar-refractivity contribution in [3.63, 3.8) is 0 Å². The van der Waals surface area contributed by atoms with Gasteiger partial charge in [-0.05, 0) is 31.9 Å². The van der Waals surface area contributed by atoms with Gasteiger partial charge in [0.2, 0.25) is 0 Å². The second-order valence-electron chi connectivity index (χ2n) is 4.19. The first kappa shape index (κ1) is 9.53. The second kappa shape index (κ2) is 3.62. The molecule has 1 aromatic carbocycles. The normalized spacial score (nSPS) is 18.9. The number of rotatable bonds is 3. The summed E-state index contributed by atoms with van der Waals surface area (Å²) < 4.78 is 0. The highest BCUT2D eigenvalue weighted by Gasteiger charge is 2.39. The molecule has 1 aromatic rings. The zero-order chi connectivity index (χ0) is 10.0. The first-order valence-corrected chi connectivity index (χ1v) is 5.27. The lowest BCUT2D eigenvalue weighted by molar-refractivity contribution is 0.222. The van der Waals surface area contributed by atoms with Gasteiger partial charge in [-0.2, -0.15) is 0 Å². The maximum atomic E-state index is 9.80. The molecule has 0 atom stereocenters. The van der Waals surface area contributed by atoms with Crippen LogP contribution in [0.15, 0.2) is 24.3 Å².